The second-order valence-electron chi connectivity index (χ2n) is 6.00. The molecule has 1 aliphatic carbocycles. The zero-order valence-electron chi connectivity index (χ0n) is 14.0. The Balaban J connectivity index is 1.89. The van der Waals surface area contributed by atoms with Crippen molar-refractivity contribution in [3.05, 3.63) is 29.8 Å². The Morgan fingerprint density at radius 1 is 1.25 bits per heavy atom. The number of amides is 1. The third-order valence-electron chi connectivity index (χ3n) is 4.01. The smallest absolute Gasteiger partial charge is 0.338 e. The predicted octanol–water partition coefficient (Wildman–Crippen LogP) is 3.65. The first kappa shape index (κ1) is 18.4. The zero-order chi connectivity index (χ0) is 17.4. The molecule has 1 aromatic rings. The Morgan fingerprint density at radius 3 is 2.71 bits per heavy atom. The van der Waals surface area contributed by atoms with E-state index >= 15 is 0 Å². The van der Waals surface area contributed by atoms with Crippen LogP contribution in [-0.4, -0.2) is 23.6 Å². The van der Waals surface area contributed by atoms with Gasteiger partial charge < -0.3 is 15.4 Å². The van der Waals surface area contributed by atoms with Crippen LogP contribution in [0.15, 0.2) is 24.3 Å². The predicted molar refractivity (Wildman–Crippen MR) is 98.0 cm³/mol. The van der Waals surface area contributed by atoms with E-state index in [1.54, 1.807) is 24.3 Å². The molecule has 0 spiro atoms. The fourth-order valence-electron chi connectivity index (χ4n) is 2.74. The quantitative estimate of drug-likeness (QED) is 0.628. The zero-order valence-corrected chi connectivity index (χ0v) is 14.8. The molecule has 0 heterocycles. The number of rotatable bonds is 5. The Bertz CT molecular complexity index is 598. The molecule has 1 fully saturated rings. The number of thiocarbonyl (C=S) groups is 1. The normalized spacial score (nSPS) is 14.7. The van der Waals surface area contributed by atoms with Crippen LogP contribution in [-0.2, 0) is 9.53 Å². The van der Waals surface area contributed by atoms with Gasteiger partial charge in [0, 0.05) is 11.6 Å². The van der Waals surface area contributed by atoms with Crippen molar-refractivity contribution in [2.24, 2.45) is 5.92 Å². The number of hydrogen-bond donors (Lipinski definition) is 2. The number of nitrogens with one attached hydrogen (secondary N) is 2. The largest absolute Gasteiger partial charge is 0.462 e. The summed E-state index contributed by atoms with van der Waals surface area (Å²) in [4.78, 5) is 24.1. The number of anilines is 1. The summed E-state index contributed by atoms with van der Waals surface area (Å²) in [6.07, 6.45) is 6.02. The van der Waals surface area contributed by atoms with Crippen molar-refractivity contribution in [1.29, 1.82) is 0 Å². The number of ether oxygens (including phenoxy) is 1. The van der Waals surface area contributed by atoms with Gasteiger partial charge in [0.25, 0.3) is 0 Å². The average molecular weight is 348 g/mol. The summed E-state index contributed by atoms with van der Waals surface area (Å²) in [7, 11) is 0. The van der Waals surface area contributed by atoms with E-state index in [-0.39, 0.29) is 22.9 Å². The average Bonchev–Trinajstić information content (AvgIpc) is 2.60. The van der Waals surface area contributed by atoms with E-state index in [1.165, 1.54) is 6.42 Å². The molecule has 5 nitrogen and oxygen atoms in total. The lowest BCUT2D eigenvalue weighted by Gasteiger charge is -2.21. The van der Waals surface area contributed by atoms with Crippen LogP contribution < -0.4 is 10.6 Å². The molecular weight excluding hydrogens is 324 g/mol. The molecule has 0 aromatic heterocycles. The van der Waals surface area contributed by atoms with Crippen molar-refractivity contribution in [2.75, 3.05) is 11.9 Å². The molecule has 6 heteroatoms. The number of esters is 1. The van der Waals surface area contributed by atoms with E-state index in [4.69, 9.17) is 17.0 Å². The molecule has 0 unspecified atom stereocenters. The molecule has 130 valence electrons. The molecule has 1 aliphatic rings. The molecule has 1 aromatic carbocycles. The Labute approximate surface area is 148 Å². The third kappa shape index (κ3) is 5.60. The summed E-state index contributed by atoms with van der Waals surface area (Å²) in [5.74, 6) is -0.336. The third-order valence-corrected chi connectivity index (χ3v) is 4.21. The van der Waals surface area contributed by atoms with Crippen molar-refractivity contribution in [3.8, 4) is 0 Å². The van der Waals surface area contributed by atoms with Crippen molar-refractivity contribution in [3.63, 3.8) is 0 Å². The first-order valence-corrected chi connectivity index (χ1v) is 8.90. The molecule has 0 bridgehead atoms. The van der Waals surface area contributed by atoms with Gasteiger partial charge in [0.1, 0.15) is 0 Å². The first-order chi connectivity index (χ1) is 11.6. The highest BCUT2D eigenvalue weighted by Gasteiger charge is 2.21. The van der Waals surface area contributed by atoms with E-state index in [1.807, 2.05) is 6.92 Å². The van der Waals surface area contributed by atoms with Crippen LogP contribution in [0, 0.1) is 5.92 Å². The standard InChI is InChI=1S/C18H24N2O3S/c1-2-11-23-17(22)14-9-6-10-15(12-14)19-18(24)20-16(21)13-7-4-3-5-8-13/h6,9-10,12-13H,2-5,7-8,11H2,1H3,(H2,19,20,21,24). The summed E-state index contributed by atoms with van der Waals surface area (Å²) in [5, 5.41) is 5.96. The molecule has 1 amide bonds. The van der Waals surface area contributed by atoms with Gasteiger partial charge in [-0.1, -0.05) is 32.3 Å². The maximum absolute atomic E-state index is 12.2. The number of carbonyl (C=O) groups excluding carboxylic acids is 2. The van der Waals surface area contributed by atoms with Crippen LogP contribution >= 0.6 is 12.2 Å². The summed E-state index contributed by atoms with van der Waals surface area (Å²) in [5.41, 5.74) is 1.10. The van der Waals surface area contributed by atoms with Gasteiger partial charge in [0.2, 0.25) is 5.91 Å². The second-order valence-corrected chi connectivity index (χ2v) is 6.40. The Kier molecular flexibility index (Phi) is 7.18. The van der Waals surface area contributed by atoms with E-state index in [9.17, 15) is 9.59 Å². The minimum Gasteiger partial charge on any atom is -0.462 e. The fraction of sp³-hybridized carbons (Fsp3) is 0.500. The van der Waals surface area contributed by atoms with E-state index in [0.29, 0.717) is 17.9 Å². The summed E-state index contributed by atoms with van der Waals surface area (Å²) < 4.78 is 5.11. The van der Waals surface area contributed by atoms with Crippen molar-refractivity contribution in [2.45, 2.75) is 45.4 Å². The SMILES string of the molecule is CCCOC(=O)c1cccc(NC(=S)NC(=O)C2CCCCC2)c1. The van der Waals surface area contributed by atoms with Gasteiger partial charge in [-0.2, -0.15) is 0 Å². The highest BCUT2D eigenvalue weighted by atomic mass is 32.1. The van der Waals surface area contributed by atoms with Gasteiger partial charge in [-0.05, 0) is 49.7 Å². The van der Waals surface area contributed by atoms with Crippen LogP contribution in [0.3, 0.4) is 0 Å². The lowest BCUT2D eigenvalue weighted by molar-refractivity contribution is -0.124. The molecule has 0 radical (unpaired) electrons. The van der Waals surface area contributed by atoms with Crippen LogP contribution in [0.1, 0.15) is 55.8 Å². The minimum atomic E-state index is -0.363. The molecule has 24 heavy (non-hydrogen) atoms. The summed E-state index contributed by atoms with van der Waals surface area (Å²) in [6.45, 7) is 2.34. The van der Waals surface area contributed by atoms with Gasteiger partial charge in [-0.25, -0.2) is 4.79 Å². The Morgan fingerprint density at radius 2 is 2.00 bits per heavy atom. The van der Waals surface area contributed by atoms with Gasteiger partial charge in [-0.15, -0.1) is 0 Å². The molecule has 2 rings (SSSR count). The van der Waals surface area contributed by atoms with Crippen molar-refractivity contribution in [1.82, 2.24) is 5.32 Å². The first-order valence-electron chi connectivity index (χ1n) is 8.49. The van der Waals surface area contributed by atoms with Crippen LogP contribution in [0.2, 0.25) is 0 Å². The van der Waals surface area contributed by atoms with Crippen molar-refractivity contribution >= 4 is 34.9 Å². The maximum Gasteiger partial charge on any atom is 0.338 e. The lowest BCUT2D eigenvalue weighted by Crippen LogP contribution is -2.39. The van der Waals surface area contributed by atoms with E-state index in [0.717, 1.165) is 32.1 Å². The fourth-order valence-corrected chi connectivity index (χ4v) is 2.96. The number of carbonyl (C=O) groups is 2. The molecule has 2 N–H and O–H groups in total. The second kappa shape index (κ2) is 9.37. The Hall–Kier alpha value is -1.95. The van der Waals surface area contributed by atoms with E-state index in [2.05, 4.69) is 10.6 Å². The van der Waals surface area contributed by atoms with Gasteiger partial charge >= 0.3 is 5.97 Å². The number of benzene rings is 1. The van der Waals surface area contributed by atoms with Gasteiger partial charge in [0.05, 0.1) is 12.2 Å². The van der Waals surface area contributed by atoms with Crippen LogP contribution in [0.5, 0.6) is 0 Å². The lowest BCUT2D eigenvalue weighted by atomic mass is 9.89. The minimum absolute atomic E-state index is 0.0225. The molecule has 0 saturated heterocycles. The van der Waals surface area contributed by atoms with Gasteiger partial charge in [0.15, 0.2) is 5.11 Å². The summed E-state index contributed by atoms with van der Waals surface area (Å²) in [6, 6.07) is 6.88. The van der Waals surface area contributed by atoms with Gasteiger partial charge in [-0.3, -0.25) is 4.79 Å². The van der Waals surface area contributed by atoms with E-state index < -0.39 is 0 Å². The molecule has 0 aliphatic heterocycles. The van der Waals surface area contributed by atoms with Crippen LogP contribution in [0.4, 0.5) is 5.69 Å². The maximum atomic E-state index is 12.2. The molecule has 1 saturated carbocycles. The summed E-state index contributed by atoms with van der Waals surface area (Å²) >= 11 is 5.20. The molecule has 0 atom stereocenters. The highest BCUT2D eigenvalue weighted by molar-refractivity contribution is 7.80. The monoisotopic (exact) mass is 348 g/mol. The highest BCUT2D eigenvalue weighted by Crippen LogP contribution is 2.23. The number of hydrogen-bond acceptors (Lipinski definition) is 4. The topological polar surface area (TPSA) is 67.4 Å². The van der Waals surface area contributed by atoms with Crippen molar-refractivity contribution < 1.29 is 14.3 Å². The van der Waals surface area contributed by atoms with Crippen LogP contribution in [0.25, 0.3) is 0 Å². The molecular formula is C18H24N2O3S.